The van der Waals surface area contributed by atoms with Crippen LogP contribution in [0.2, 0.25) is 0 Å². The first-order valence-corrected chi connectivity index (χ1v) is 7.15. The van der Waals surface area contributed by atoms with Gasteiger partial charge in [-0.15, -0.1) is 0 Å². The Hall–Kier alpha value is -1.43. The van der Waals surface area contributed by atoms with E-state index in [0.29, 0.717) is 25.9 Å². The number of ether oxygens (including phenoxy) is 1. The fourth-order valence-electron chi connectivity index (χ4n) is 3.13. The third-order valence-electron chi connectivity index (χ3n) is 5.04. The topological polar surface area (TPSA) is 75.7 Å². The lowest BCUT2D eigenvalue weighted by Crippen LogP contribution is -2.70. The van der Waals surface area contributed by atoms with E-state index in [1.807, 2.05) is 13.8 Å². The van der Waals surface area contributed by atoms with Gasteiger partial charge in [-0.1, -0.05) is 13.8 Å². The van der Waals surface area contributed by atoms with Crippen molar-refractivity contribution in [2.45, 2.75) is 58.6 Å². The zero-order valence-corrected chi connectivity index (χ0v) is 12.5. The van der Waals surface area contributed by atoms with E-state index in [2.05, 4.69) is 5.32 Å². The van der Waals surface area contributed by atoms with Crippen LogP contribution < -0.4 is 5.32 Å². The number of imide groups is 2. The number of hydrogen-bond donors (Lipinski definition) is 1. The van der Waals surface area contributed by atoms with Gasteiger partial charge in [0.1, 0.15) is 5.41 Å². The van der Waals surface area contributed by atoms with Gasteiger partial charge in [0.15, 0.2) is 0 Å². The molecule has 2 atom stereocenters. The molecule has 0 aromatic heterocycles. The summed E-state index contributed by atoms with van der Waals surface area (Å²) < 4.78 is 5.52. The van der Waals surface area contributed by atoms with Crippen molar-refractivity contribution >= 4 is 17.8 Å². The Balaban J connectivity index is 2.45. The highest BCUT2D eigenvalue weighted by atomic mass is 16.5. The normalized spacial score (nSPS) is 33.5. The van der Waals surface area contributed by atoms with Gasteiger partial charge in [0.05, 0.1) is 11.6 Å². The number of barbiturate groups is 1. The SMILES string of the molecule is CCC1(CC)C(=O)NC(=O)N(C2(C)CCOC2C)C1=O. The van der Waals surface area contributed by atoms with Crippen molar-refractivity contribution in [3.8, 4) is 0 Å². The summed E-state index contributed by atoms with van der Waals surface area (Å²) in [6, 6.07) is -0.627. The van der Waals surface area contributed by atoms with Gasteiger partial charge < -0.3 is 4.74 Å². The Bertz CT molecular complexity index is 458. The molecule has 2 aliphatic rings. The van der Waals surface area contributed by atoms with Crippen LogP contribution in [0.4, 0.5) is 4.79 Å². The number of amides is 4. The molecule has 0 spiro atoms. The number of carbonyl (C=O) groups is 3. The number of nitrogens with zero attached hydrogens (tertiary/aromatic N) is 1. The van der Waals surface area contributed by atoms with E-state index in [9.17, 15) is 14.4 Å². The summed E-state index contributed by atoms with van der Waals surface area (Å²) in [5, 5.41) is 2.35. The van der Waals surface area contributed by atoms with E-state index >= 15 is 0 Å². The lowest BCUT2D eigenvalue weighted by molar-refractivity contribution is -0.157. The van der Waals surface area contributed by atoms with Gasteiger partial charge in [-0.2, -0.15) is 0 Å². The molecule has 2 heterocycles. The van der Waals surface area contributed by atoms with Crippen molar-refractivity contribution in [1.82, 2.24) is 10.2 Å². The van der Waals surface area contributed by atoms with Gasteiger partial charge in [-0.25, -0.2) is 4.79 Å². The van der Waals surface area contributed by atoms with E-state index in [1.54, 1.807) is 13.8 Å². The Morgan fingerprint density at radius 1 is 1.30 bits per heavy atom. The van der Waals surface area contributed by atoms with Crippen LogP contribution in [0.3, 0.4) is 0 Å². The lowest BCUT2D eigenvalue weighted by atomic mass is 9.76. The highest BCUT2D eigenvalue weighted by Gasteiger charge is 2.58. The Kier molecular flexibility index (Phi) is 3.62. The summed E-state index contributed by atoms with van der Waals surface area (Å²) >= 11 is 0. The molecule has 2 aliphatic heterocycles. The molecule has 2 unspecified atom stereocenters. The molecule has 0 bridgehead atoms. The molecule has 1 N–H and O–H groups in total. The minimum absolute atomic E-state index is 0.239. The maximum Gasteiger partial charge on any atom is 0.331 e. The van der Waals surface area contributed by atoms with E-state index < -0.39 is 28.8 Å². The predicted molar refractivity (Wildman–Crippen MR) is 71.8 cm³/mol. The fraction of sp³-hybridized carbons (Fsp3) is 0.786. The average molecular weight is 282 g/mol. The summed E-state index contributed by atoms with van der Waals surface area (Å²) in [7, 11) is 0. The number of hydrogen-bond acceptors (Lipinski definition) is 4. The zero-order valence-electron chi connectivity index (χ0n) is 12.5. The minimum Gasteiger partial charge on any atom is -0.376 e. The summed E-state index contributed by atoms with van der Waals surface area (Å²) in [6.45, 7) is 7.79. The van der Waals surface area contributed by atoms with E-state index in [0.717, 1.165) is 0 Å². The fourth-order valence-corrected chi connectivity index (χ4v) is 3.13. The molecule has 0 saturated carbocycles. The number of urea groups is 1. The van der Waals surface area contributed by atoms with Crippen LogP contribution in [0, 0.1) is 5.41 Å². The second-order valence-electron chi connectivity index (χ2n) is 5.81. The summed E-state index contributed by atoms with van der Waals surface area (Å²) in [4.78, 5) is 38.4. The predicted octanol–water partition coefficient (Wildman–Crippen LogP) is 1.44. The molecule has 6 nitrogen and oxygen atoms in total. The number of carbonyl (C=O) groups excluding carboxylic acids is 3. The van der Waals surface area contributed by atoms with Crippen LogP contribution in [0.25, 0.3) is 0 Å². The maximum absolute atomic E-state index is 12.9. The second kappa shape index (κ2) is 4.84. The van der Waals surface area contributed by atoms with Gasteiger partial charge in [-0.3, -0.25) is 19.8 Å². The van der Waals surface area contributed by atoms with Crippen molar-refractivity contribution in [3.63, 3.8) is 0 Å². The van der Waals surface area contributed by atoms with Crippen LogP contribution in [0.5, 0.6) is 0 Å². The second-order valence-corrected chi connectivity index (χ2v) is 5.81. The number of rotatable bonds is 3. The van der Waals surface area contributed by atoms with Gasteiger partial charge in [0.25, 0.3) is 0 Å². The lowest BCUT2D eigenvalue weighted by Gasteiger charge is -2.46. The van der Waals surface area contributed by atoms with Crippen LogP contribution >= 0.6 is 0 Å². The van der Waals surface area contributed by atoms with Crippen LogP contribution in [0.1, 0.15) is 47.0 Å². The summed E-state index contributed by atoms with van der Waals surface area (Å²) in [5.74, 6) is -0.875. The molecule has 0 aromatic rings. The molecule has 20 heavy (non-hydrogen) atoms. The molecule has 112 valence electrons. The average Bonchev–Trinajstić information content (AvgIpc) is 2.71. The Labute approximate surface area is 118 Å². The molecule has 0 aliphatic carbocycles. The highest BCUT2D eigenvalue weighted by Crippen LogP contribution is 2.40. The molecule has 4 amide bonds. The highest BCUT2D eigenvalue weighted by molar-refractivity contribution is 6.19. The molecule has 0 radical (unpaired) electrons. The molecular formula is C14H22N2O4. The molecule has 0 aromatic carbocycles. The third kappa shape index (κ3) is 1.78. The molecule has 6 heteroatoms. The maximum atomic E-state index is 12.9. The first kappa shape index (κ1) is 15.0. The quantitative estimate of drug-likeness (QED) is 0.795. The van der Waals surface area contributed by atoms with E-state index in [1.165, 1.54) is 4.90 Å². The number of nitrogens with one attached hydrogen (secondary N) is 1. The van der Waals surface area contributed by atoms with Crippen LogP contribution in [-0.2, 0) is 14.3 Å². The zero-order chi connectivity index (χ0) is 15.1. The first-order valence-electron chi connectivity index (χ1n) is 7.15. The van der Waals surface area contributed by atoms with E-state index in [4.69, 9.17) is 4.74 Å². The smallest absolute Gasteiger partial charge is 0.331 e. The van der Waals surface area contributed by atoms with Crippen molar-refractivity contribution < 1.29 is 19.1 Å². The first-order chi connectivity index (χ1) is 9.33. The van der Waals surface area contributed by atoms with Crippen molar-refractivity contribution in [3.05, 3.63) is 0 Å². The summed E-state index contributed by atoms with van der Waals surface area (Å²) in [5.41, 5.74) is -1.84. The molecule has 2 saturated heterocycles. The molecular weight excluding hydrogens is 260 g/mol. The largest absolute Gasteiger partial charge is 0.376 e. The van der Waals surface area contributed by atoms with Crippen molar-refractivity contribution in [1.29, 1.82) is 0 Å². The standard InChI is InChI=1S/C14H22N2O4/c1-5-14(6-2)10(17)15-12(19)16(11(14)18)13(4)7-8-20-9(13)3/h9H,5-8H2,1-4H3,(H,15,17,19). The van der Waals surface area contributed by atoms with E-state index in [-0.39, 0.29) is 6.10 Å². The van der Waals surface area contributed by atoms with Crippen LogP contribution in [-0.4, -0.2) is 41.0 Å². The van der Waals surface area contributed by atoms with Gasteiger partial charge in [0.2, 0.25) is 11.8 Å². The monoisotopic (exact) mass is 282 g/mol. The van der Waals surface area contributed by atoms with Gasteiger partial charge in [-0.05, 0) is 33.1 Å². The van der Waals surface area contributed by atoms with Gasteiger partial charge in [0, 0.05) is 6.61 Å². The van der Waals surface area contributed by atoms with Crippen LogP contribution in [0.15, 0.2) is 0 Å². The Morgan fingerprint density at radius 3 is 2.35 bits per heavy atom. The van der Waals surface area contributed by atoms with Crippen molar-refractivity contribution in [2.24, 2.45) is 5.41 Å². The third-order valence-corrected chi connectivity index (χ3v) is 5.04. The minimum atomic E-state index is -1.14. The molecule has 2 rings (SSSR count). The van der Waals surface area contributed by atoms with Crippen molar-refractivity contribution in [2.75, 3.05) is 6.61 Å². The molecule has 2 fully saturated rings. The Morgan fingerprint density at radius 2 is 1.90 bits per heavy atom. The summed E-state index contributed by atoms with van der Waals surface area (Å²) in [6.07, 6.45) is 1.11. The van der Waals surface area contributed by atoms with Gasteiger partial charge >= 0.3 is 6.03 Å².